The van der Waals surface area contributed by atoms with E-state index in [1.807, 2.05) is 26.0 Å². The minimum Gasteiger partial charge on any atom is -0.495 e. The van der Waals surface area contributed by atoms with E-state index in [-0.39, 0.29) is 0 Å². The molecule has 0 bridgehead atoms. The maximum Gasteiger partial charge on any atom is 0.309 e. The van der Waals surface area contributed by atoms with E-state index in [2.05, 4.69) is 5.32 Å². The summed E-state index contributed by atoms with van der Waals surface area (Å²) in [5.74, 6) is 0.0117. The van der Waals surface area contributed by atoms with Gasteiger partial charge >= 0.3 is 5.97 Å². The monoisotopic (exact) mass is 265 g/mol. The van der Waals surface area contributed by atoms with Gasteiger partial charge in [-0.15, -0.1) is 0 Å². The van der Waals surface area contributed by atoms with Gasteiger partial charge in [0.05, 0.1) is 18.2 Å². The van der Waals surface area contributed by atoms with Crippen LogP contribution in [0.1, 0.15) is 31.4 Å². The summed E-state index contributed by atoms with van der Waals surface area (Å²) in [6, 6.07) is 4.02. The Labute approximate surface area is 114 Å². The van der Waals surface area contributed by atoms with Crippen LogP contribution in [0.5, 0.6) is 5.75 Å². The van der Waals surface area contributed by atoms with Crippen molar-refractivity contribution in [3.05, 3.63) is 23.3 Å². The molecule has 0 aliphatic heterocycles. The number of carbonyl (C=O) groups is 1. The second-order valence-corrected chi connectivity index (χ2v) is 5.50. The fourth-order valence-electron chi connectivity index (χ4n) is 1.71. The van der Waals surface area contributed by atoms with Gasteiger partial charge in [0.2, 0.25) is 0 Å². The lowest BCUT2D eigenvalue weighted by Crippen LogP contribution is -2.26. The predicted molar refractivity (Wildman–Crippen MR) is 77.0 cm³/mol. The van der Waals surface area contributed by atoms with Crippen LogP contribution >= 0.6 is 0 Å². The normalized spacial score (nSPS) is 11.2. The number of benzene rings is 1. The first kappa shape index (κ1) is 15.3. The van der Waals surface area contributed by atoms with Crippen LogP contribution in [-0.4, -0.2) is 24.7 Å². The number of aryl methyl sites for hydroxylation is 2. The zero-order valence-electron chi connectivity index (χ0n) is 12.3. The fourth-order valence-corrected chi connectivity index (χ4v) is 1.71. The molecule has 0 radical (unpaired) electrons. The van der Waals surface area contributed by atoms with Crippen molar-refractivity contribution in [1.82, 2.24) is 0 Å². The van der Waals surface area contributed by atoms with E-state index >= 15 is 0 Å². The molecule has 0 fully saturated rings. The number of methoxy groups -OCH3 is 1. The van der Waals surface area contributed by atoms with Gasteiger partial charge < -0.3 is 15.2 Å². The number of aliphatic carboxylic acids is 1. The van der Waals surface area contributed by atoms with Crippen molar-refractivity contribution in [3.63, 3.8) is 0 Å². The molecular weight excluding hydrogens is 242 g/mol. The quantitative estimate of drug-likeness (QED) is 0.829. The Balaban J connectivity index is 2.73. The zero-order chi connectivity index (χ0) is 14.6. The van der Waals surface area contributed by atoms with Crippen molar-refractivity contribution in [3.8, 4) is 5.75 Å². The molecule has 4 heteroatoms. The van der Waals surface area contributed by atoms with Crippen molar-refractivity contribution in [2.24, 2.45) is 5.41 Å². The minimum atomic E-state index is -0.777. The Morgan fingerprint density at radius 2 is 1.89 bits per heavy atom. The van der Waals surface area contributed by atoms with Gasteiger partial charge in [0.25, 0.3) is 0 Å². The van der Waals surface area contributed by atoms with Crippen molar-refractivity contribution < 1.29 is 14.6 Å². The summed E-state index contributed by atoms with van der Waals surface area (Å²) in [4.78, 5) is 11.0. The van der Waals surface area contributed by atoms with E-state index in [1.165, 1.54) is 11.1 Å². The lowest BCUT2D eigenvalue weighted by atomic mass is 9.89. The van der Waals surface area contributed by atoms with Gasteiger partial charge in [0.1, 0.15) is 5.75 Å². The first-order valence-electron chi connectivity index (χ1n) is 6.40. The van der Waals surface area contributed by atoms with Crippen molar-refractivity contribution in [2.45, 2.75) is 34.1 Å². The first-order chi connectivity index (χ1) is 8.77. The third kappa shape index (κ3) is 3.88. The average Bonchev–Trinajstić information content (AvgIpc) is 2.32. The van der Waals surface area contributed by atoms with Crippen LogP contribution in [0.3, 0.4) is 0 Å². The number of ether oxygens (including phenoxy) is 1. The van der Waals surface area contributed by atoms with Crippen LogP contribution in [-0.2, 0) is 4.79 Å². The standard InChI is InChI=1S/C15H23NO3/c1-10-8-12(13(19-5)9-11(10)2)16-7-6-15(3,4)14(17)18/h8-9,16H,6-7H2,1-5H3,(H,17,18). The maximum absolute atomic E-state index is 11.0. The molecule has 1 aromatic carbocycles. The largest absolute Gasteiger partial charge is 0.495 e. The lowest BCUT2D eigenvalue weighted by molar-refractivity contribution is -0.147. The van der Waals surface area contributed by atoms with Gasteiger partial charge in [0.15, 0.2) is 0 Å². The molecule has 2 N–H and O–H groups in total. The summed E-state index contributed by atoms with van der Waals surface area (Å²) in [5.41, 5.74) is 2.54. The van der Waals surface area contributed by atoms with Gasteiger partial charge in [-0.25, -0.2) is 0 Å². The Kier molecular flexibility index (Phi) is 4.81. The van der Waals surface area contributed by atoms with Crippen LogP contribution in [0.4, 0.5) is 5.69 Å². The predicted octanol–water partition coefficient (Wildman–Crippen LogP) is 3.22. The van der Waals surface area contributed by atoms with Crippen molar-refractivity contribution in [1.29, 1.82) is 0 Å². The van der Waals surface area contributed by atoms with Crippen LogP contribution in [0, 0.1) is 19.3 Å². The summed E-state index contributed by atoms with van der Waals surface area (Å²) in [6.45, 7) is 8.14. The summed E-state index contributed by atoms with van der Waals surface area (Å²) in [6.07, 6.45) is 0.554. The molecule has 4 nitrogen and oxygen atoms in total. The number of carboxylic acid groups (broad SMARTS) is 1. The van der Waals surface area contributed by atoms with Crippen LogP contribution in [0.25, 0.3) is 0 Å². The molecule has 1 rings (SSSR count). The van der Waals surface area contributed by atoms with Crippen molar-refractivity contribution >= 4 is 11.7 Å². The average molecular weight is 265 g/mol. The van der Waals surface area contributed by atoms with E-state index in [0.717, 1.165) is 11.4 Å². The molecule has 0 saturated heterocycles. The number of anilines is 1. The molecule has 0 aliphatic carbocycles. The lowest BCUT2D eigenvalue weighted by Gasteiger charge is -2.20. The van der Waals surface area contributed by atoms with E-state index in [1.54, 1.807) is 21.0 Å². The maximum atomic E-state index is 11.0. The molecule has 0 unspecified atom stereocenters. The molecule has 19 heavy (non-hydrogen) atoms. The third-order valence-corrected chi connectivity index (χ3v) is 3.46. The van der Waals surface area contributed by atoms with Gasteiger partial charge in [-0.2, -0.15) is 0 Å². The molecule has 0 spiro atoms. The summed E-state index contributed by atoms with van der Waals surface area (Å²) >= 11 is 0. The molecule has 0 amide bonds. The highest BCUT2D eigenvalue weighted by atomic mass is 16.5. The second kappa shape index (κ2) is 5.95. The van der Waals surface area contributed by atoms with Gasteiger partial charge in [-0.3, -0.25) is 4.79 Å². The number of nitrogens with one attached hydrogen (secondary N) is 1. The molecule has 0 heterocycles. The molecular formula is C15H23NO3. The number of rotatable bonds is 6. The van der Waals surface area contributed by atoms with Gasteiger partial charge in [-0.1, -0.05) is 0 Å². The van der Waals surface area contributed by atoms with E-state index in [9.17, 15) is 4.79 Å². The summed E-state index contributed by atoms with van der Waals surface area (Å²) in [7, 11) is 1.64. The topological polar surface area (TPSA) is 58.6 Å². The van der Waals surface area contributed by atoms with E-state index in [4.69, 9.17) is 9.84 Å². The highest BCUT2D eigenvalue weighted by Gasteiger charge is 2.26. The smallest absolute Gasteiger partial charge is 0.309 e. The highest BCUT2D eigenvalue weighted by molar-refractivity contribution is 5.73. The number of hydrogen-bond donors (Lipinski definition) is 2. The third-order valence-electron chi connectivity index (χ3n) is 3.46. The van der Waals surface area contributed by atoms with Crippen molar-refractivity contribution in [2.75, 3.05) is 19.0 Å². The number of hydrogen-bond acceptors (Lipinski definition) is 3. The Bertz CT molecular complexity index is 467. The van der Waals surface area contributed by atoms with Gasteiger partial charge in [0, 0.05) is 6.54 Å². The van der Waals surface area contributed by atoms with E-state index in [0.29, 0.717) is 13.0 Å². The summed E-state index contributed by atoms with van der Waals surface area (Å²) < 4.78 is 5.33. The Hall–Kier alpha value is -1.71. The molecule has 0 saturated carbocycles. The first-order valence-corrected chi connectivity index (χ1v) is 6.40. The van der Waals surface area contributed by atoms with E-state index < -0.39 is 11.4 Å². The minimum absolute atomic E-state index is 0.554. The molecule has 0 atom stereocenters. The molecule has 0 aromatic heterocycles. The number of carboxylic acids is 1. The second-order valence-electron chi connectivity index (χ2n) is 5.50. The fraction of sp³-hybridized carbons (Fsp3) is 0.533. The highest BCUT2D eigenvalue weighted by Crippen LogP contribution is 2.29. The molecule has 1 aromatic rings. The van der Waals surface area contributed by atoms with Crippen LogP contribution < -0.4 is 10.1 Å². The van der Waals surface area contributed by atoms with Gasteiger partial charge in [-0.05, 0) is 57.4 Å². The molecule has 106 valence electrons. The Morgan fingerprint density at radius 3 is 2.42 bits per heavy atom. The molecule has 0 aliphatic rings. The van der Waals surface area contributed by atoms with Crippen LogP contribution in [0.15, 0.2) is 12.1 Å². The van der Waals surface area contributed by atoms with Crippen LogP contribution in [0.2, 0.25) is 0 Å². The zero-order valence-corrected chi connectivity index (χ0v) is 12.3. The summed E-state index contributed by atoms with van der Waals surface area (Å²) in [5, 5.41) is 12.3. The SMILES string of the molecule is COc1cc(C)c(C)cc1NCCC(C)(C)C(=O)O. The Morgan fingerprint density at radius 1 is 1.32 bits per heavy atom.